The van der Waals surface area contributed by atoms with Crippen LogP contribution in [0.3, 0.4) is 0 Å². The third-order valence-electron chi connectivity index (χ3n) is 3.15. The van der Waals surface area contributed by atoms with Crippen LogP contribution in [0.1, 0.15) is 23.3 Å². The Labute approximate surface area is 93.2 Å². The number of hydrogen-bond donors (Lipinski definition) is 1. The summed E-state index contributed by atoms with van der Waals surface area (Å²) >= 11 is 1.66. The fourth-order valence-electron chi connectivity index (χ4n) is 2.37. The Morgan fingerprint density at radius 2 is 1.93 bits per heavy atom. The summed E-state index contributed by atoms with van der Waals surface area (Å²) in [6.07, 6.45) is 3.87. The second-order valence-electron chi connectivity index (χ2n) is 4.10. The van der Waals surface area contributed by atoms with Gasteiger partial charge in [0.2, 0.25) is 0 Å². The Bertz CT molecular complexity index is 341. The van der Waals surface area contributed by atoms with Crippen LogP contribution in [0.5, 0.6) is 0 Å². The lowest BCUT2D eigenvalue weighted by atomic mass is 10.1. The molecule has 0 unspecified atom stereocenters. The molecule has 1 aromatic rings. The molecule has 1 fully saturated rings. The van der Waals surface area contributed by atoms with Gasteiger partial charge in [-0.2, -0.15) is 0 Å². The lowest BCUT2D eigenvalue weighted by Crippen LogP contribution is -2.30. The molecular formula is C11H14NO2S. The first-order chi connectivity index (χ1) is 7.27. The smallest absolute Gasteiger partial charge is 0.169 e. The van der Waals surface area contributed by atoms with Crippen LogP contribution < -0.4 is 5.73 Å². The molecule has 0 bridgehead atoms. The van der Waals surface area contributed by atoms with Crippen molar-refractivity contribution in [2.45, 2.75) is 31.5 Å². The van der Waals surface area contributed by atoms with Crippen molar-refractivity contribution < 1.29 is 9.47 Å². The SMILES string of the molecule is Nc1[c]c2c(s1)CCC1(CC2)OCCO1. The van der Waals surface area contributed by atoms with E-state index in [-0.39, 0.29) is 5.79 Å². The molecule has 1 spiro atoms. The average molecular weight is 224 g/mol. The van der Waals surface area contributed by atoms with Crippen molar-refractivity contribution in [3.8, 4) is 0 Å². The molecule has 1 saturated heterocycles. The zero-order chi connectivity index (χ0) is 10.3. The second-order valence-corrected chi connectivity index (χ2v) is 5.24. The van der Waals surface area contributed by atoms with E-state index in [1.807, 2.05) is 0 Å². The van der Waals surface area contributed by atoms with Crippen molar-refractivity contribution in [3.05, 3.63) is 16.5 Å². The standard InChI is InChI=1S/C11H14NO2S/c12-10-7-8-1-3-11(13-5-6-14-11)4-2-9(8)15-10/h1-6,12H2. The topological polar surface area (TPSA) is 44.5 Å². The van der Waals surface area contributed by atoms with Crippen LogP contribution >= 0.6 is 11.3 Å². The lowest BCUT2D eigenvalue weighted by Gasteiger charge is -2.25. The number of aryl methyl sites for hydroxylation is 2. The molecule has 15 heavy (non-hydrogen) atoms. The van der Waals surface area contributed by atoms with Crippen molar-refractivity contribution in [2.75, 3.05) is 18.9 Å². The normalized spacial score (nSPS) is 24.0. The van der Waals surface area contributed by atoms with Gasteiger partial charge in [0.15, 0.2) is 5.79 Å². The summed E-state index contributed by atoms with van der Waals surface area (Å²) in [5.74, 6) is -0.304. The van der Waals surface area contributed by atoms with E-state index in [1.54, 1.807) is 11.3 Å². The molecule has 1 aliphatic carbocycles. The number of nitrogens with two attached hydrogens (primary N) is 1. The fraction of sp³-hybridized carbons (Fsp3) is 0.636. The molecule has 1 radical (unpaired) electrons. The third kappa shape index (κ3) is 1.67. The molecule has 0 amide bonds. The van der Waals surface area contributed by atoms with Gasteiger partial charge in [0.1, 0.15) is 0 Å². The van der Waals surface area contributed by atoms with Gasteiger partial charge in [-0.05, 0) is 18.4 Å². The summed E-state index contributed by atoms with van der Waals surface area (Å²) in [4.78, 5) is 1.36. The van der Waals surface area contributed by atoms with Crippen LogP contribution in [0.4, 0.5) is 5.00 Å². The predicted molar refractivity (Wildman–Crippen MR) is 58.8 cm³/mol. The minimum atomic E-state index is -0.304. The van der Waals surface area contributed by atoms with Gasteiger partial charge in [0.05, 0.1) is 18.2 Å². The number of rotatable bonds is 0. The number of ether oxygens (including phenoxy) is 2. The number of nitrogen functional groups attached to an aromatic ring is 1. The van der Waals surface area contributed by atoms with Crippen LogP contribution in [0.2, 0.25) is 0 Å². The van der Waals surface area contributed by atoms with Crippen LogP contribution in [-0.2, 0) is 22.3 Å². The van der Waals surface area contributed by atoms with E-state index in [0.717, 1.165) is 43.9 Å². The van der Waals surface area contributed by atoms with Crippen molar-refractivity contribution in [1.29, 1.82) is 0 Å². The van der Waals surface area contributed by atoms with Crippen LogP contribution in [-0.4, -0.2) is 19.0 Å². The Hall–Kier alpha value is -0.580. The number of hydrogen-bond acceptors (Lipinski definition) is 4. The average Bonchev–Trinajstić information content (AvgIpc) is 2.76. The summed E-state index contributed by atoms with van der Waals surface area (Å²) in [5, 5.41) is 0.809. The van der Waals surface area contributed by atoms with Gasteiger partial charge in [-0.3, -0.25) is 0 Å². The zero-order valence-electron chi connectivity index (χ0n) is 8.54. The van der Waals surface area contributed by atoms with Crippen LogP contribution in [0.15, 0.2) is 0 Å². The molecule has 1 aromatic heterocycles. The molecule has 1 aliphatic heterocycles. The van der Waals surface area contributed by atoms with E-state index in [9.17, 15) is 0 Å². The summed E-state index contributed by atoms with van der Waals surface area (Å²) < 4.78 is 11.5. The lowest BCUT2D eigenvalue weighted by molar-refractivity contribution is -0.164. The van der Waals surface area contributed by atoms with Gasteiger partial charge in [0, 0.05) is 23.8 Å². The summed E-state index contributed by atoms with van der Waals surface area (Å²) in [5.41, 5.74) is 7.03. The Morgan fingerprint density at radius 1 is 1.20 bits per heavy atom. The molecule has 0 aromatic carbocycles. The summed E-state index contributed by atoms with van der Waals surface area (Å²) in [7, 11) is 0. The van der Waals surface area contributed by atoms with Crippen LogP contribution in [0, 0.1) is 6.07 Å². The summed E-state index contributed by atoms with van der Waals surface area (Å²) in [6.45, 7) is 1.47. The molecule has 3 nitrogen and oxygen atoms in total. The maximum Gasteiger partial charge on any atom is 0.169 e. The van der Waals surface area contributed by atoms with Gasteiger partial charge >= 0.3 is 0 Å². The maximum absolute atomic E-state index is 5.75. The largest absolute Gasteiger partial charge is 0.390 e. The molecule has 2 aliphatic rings. The predicted octanol–water partition coefficient (Wildman–Crippen LogP) is 1.75. The van der Waals surface area contributed by atoms with E-state index in [2.05, 4.69) is 6.07 Å². The third-order valence-corrected chi connectivity index (χ3v) is 4.17. The van der Waals surface area contributed by atoms with Crippen molar-refractivity contribution >= 4 is 16.3 Å². The van der Waals surface area contributed by atoms with Gasteiger partial charge < -0.3 is 15.2 Å². The van der Waals surface area contributed by atoms with Crippen molar-refractivity contribution in [2.24, 2.45) is 0 Å². The highest BCUT2D eigenvalue weighted by Gasteiger charge is 2.38. The molecule has 0 atom stereocenters. The Kier molecular flexibility index (Phi) is 2.23. The van der Waals surface area contributed by atoms with E-state index in [0.29, 0.717) is 0 Å². The molecule has 4 heteroatoms. The van der Waals surface area contributed by atoms with Gasteiger partial charge in [-0.1, -0.05) is 0 Å². The first-order valence-corrected chi connectivity index (χ1v) is 6.16. The molecular weight excluding hydrogens is 210 g/mol. The molecule has 2 heterocycles. The monoisotopic (exact) mass is 224 g/mol. The van der Waals surface area contributed by atoms with Crippen LogP contribution in [0.25, 0.3) is 0 Å². The fourth-order valence-corrected chi connectivity index (χ4v) is 3.29. The Balaban J connectivity index is 1.83. The van der Waals surface area contributed by atoms with Gasteiger partial charge in [-0.25, -0.2) is 0 Å². The quantitative estimate of drug-likeness (QED) is 0.730. The maximum atomic E-state index is 5.75. The van der Waals surface area contributed by atoms with E-state index >= 15 is 0 Å². The second kappa shape index (κ2) is 3.47. The first-order valence-electron chi connectivity index (χ1n) is 5.35. The molecule has 0 saturated carbocycles. The summed E-state index contributed by atoms with van der Waals surface area (Å²) in [6, 6.07) is 3.23. The number of anilines is 1. The van der Waals surface area contributed by atoms with E-state index < -0.39 is 0 Å². The minimum absolute atomic E-state index is 0.304. The number of thiophene rings is 1. The Morgan fingerprint density at radius 3 is 2.73 bits per heavy atom. The molecule has 3 rings (SSSR count). The van der Waals surface area contributed by atoms with Gasteiger partial charge in [0.25, 0.3) is 0 Å². The van der Waals surface area contributed by atoms with Crippen molar-refractivity contribution in [3.63, 3.8) is 0 Å². The number of fused-ring (bicyclic) bond motifs is 1. The molecule has 81 valence electrons. The highest BCUT2D eigenvalue weighted by Crippen LogP contribution is 2.37. The van der Waals surface area contributed by atoms with E-state index in [4.69, 9.17) is 15.2 Å². The minimum Gasteiger partial charge on any atom is -0.390 e. The molecule has 2 N–H and O–H groups in total. The van der Waals surface area contributed by atoms with E-state index in [1.165, 1.54) is 10.4 Å². The van der Waals surface area contributed by atoms with Gasteiger partial charge in [-0.15, -0.1) is 11.3 Å². The van der Waals surface area contributed by atoms with Crippen molar-refractivity contribution in [1.82, 2.24) is 0 Å². The zero-order valence-corrected chi connectivity index (χ0v) is 9.36. The first kappa shape index (κ1) is 9.63. The highest BCUT2D eigenvalue weighted by atomic mass is 32.1. The highest BCUT2D eigenvalue weighted by molar-refractivity contribution is 7.16.